The van der Waals surface area contributed by atoms with Gasteiger partial charge in [-0.25, -0.2) is 4.79 Å². The van der Waals surface area contributed by atoms with Gasteiger partial charge in [0.25, 0.3) is 0 Å². The van der Waals surface area contributed by atoms with Crippen molar-refractivity contribution in [3.8, 4) is 0 Å². The number of pyridine rings is 1. The number of carbonyl (C=O) groups is 3. The molecule has 0 saturated carbocycles. The van der Waals surface area contributed by atoms with Crippen molar-refractivity contribution in [2.24, 2.45) is 0 Å². The van der Waals surface area contributed by atoms with Gasteiger partial charge in [-0.15, -0.1) is 0 Å². The normalized spacial score (nSPS) is 17.4. The Hall–Kier alpha value is -3.37. The van der Waals surface area contributed by atoms with Crippen LogP contribution >= 0.6 is 0 Å². The van der Waals surface area contributed by atoms with Crippen molar-refractivity contribution in [3.63, 3.8) is 0 Å². The lowest BCUT2D eigenvalue weighted by atomic mass is 9.90. The van der Waals surface area contributed by atoms with Crippen LogP contribution in [0.25, 0.3) is 10.9 Å². The molecule has 11 heteroatoms. The van der Waals surface area contributed by atoms with Crippen molar-refractivity contribution >= 4 is 28.9 Å². The lowest BCUT2D eigenvalue weighted by molar-refractivity contribution is -0.156. The molecule has 3 rings (SSSR count). The second kappa shape index (κ2) is 10.9. The molecule has 2 atom stereocenters. The van der Waals surface area contributed by atoms with Gasteiger partial charge in [0.15, 0.2) is 0 Å². The van der Waals surface area contributed by atoms with E-state index in [4.69, 9.17) is 14.6 Å². The lowest BCUT2D eigenvalue weighted by Gasteiger charge is -2.40. The molecule has 8 nitrogen and oxygen atoms in total. The molecule has 2 aromatic rings. The molecule has 37 heavy (non-hydrogen) atoms. The predicted octanol–water partition coefficient (Wildman–Crippen LogP) is 5.80. The van der Waals surface area contributed by atoms with Crippen molar-refractivity contribution in [2.45, 2.75) is 83.7 Å². The van der Waals surface area contributed by atoms with E-state index in [2.05, 4.69) is 4.98 Å². The first-order valence-corrected chi connectivity index (χ1v) is 12.1. The molecule has 0 spiro atoms. The summed E-state index contributed by atoms with van der Waals surface area (Å²) in [4.78, 5) is 42.3. The number of nitrogens with zero attached hydrogens (tertiary/aromatic N) is 2. The molecule has 0 bridgehead atoms. The van der Waals surface area contributed by atoms with Crippen LogP contribution in [-0.2, 0) is 25.2 Å². The average molecular weight is 525 g/mol. The van der Waals surface area contributed by atoms with Crippen LogP contribution < -0.4 is 0 Å². The Balaban J connectivity index is 2.14. The molecule has 2 heterocycles. The highest BCUT2D eigenvalue weighted by Crippen LogP contribution is 2.40. The fraction of sp³-hybridized carbons (Fsp3) is 0.538. The topological polar surface area (TPSA) is 106 Å². The molecule has 1 aromatic heterocycles. The number of ether oxygens (including phenoxy) is 2. The van der Waals surface area contributed by atoms with E-state index in [1.807, 2.05) is 0 Å². The Morgan fingerprint density at radius 3 is 2.43 bits per heavy atom. The summed E-state index contributed by atoms with van der Waals surface area (Å²) in [6.45, 7) is 7.01. The summed E-state index contributed by atoms with van der Waals surface area (Å²) in [6, 6.07) is 4.43. The van der Waals surface area contributed by atoms with E-state index in [0.29, 0.717) is 31.5 Å². The van der Waals surface area contributed by atoms with E-state index >= 15 is 0 Å². The molecule has 0 radical (unpaired) electrons. The highest BCUT2D eigenvalue weighted by Gasteiger charge is 2.40. The predicted molar refractivity (Wildman–Crippen MR) is 128 cm³/mol. The Morgan fingerprint density at radius 2 is 1.81 bits per heavy atom. The van der Waals surface area contributed by atoms with E-state index in [1.54, 1.807) is 33.8 Å². The van der Waals surface area contributed by atoms with Crippen molar-refractivity contribution in [3.05, 3.63) is 41.1 Å². The Kier molecular flexibility index (Phi) is 8.34. The SMILES string of the molecule is Cc1ccc2c(C(OC(=O)CCC(=O)O)C3CCCCN3C(=O)OC(C)(C)C)ccc(C(F)(F)F)c2n1. The summed E-state index contributed by atoms with van der Waals surface area (Å²) in [7, 11) is 0. The number of aromatic nitrogens is 1. The quantitative estimate of drug-likeness (QED) is 0.476. The number of fused-ring (bicyclic) bond motifs is 1. The summed E-state index contributed by atoms with van der Waals surface area (Å²) < 4.78 is 52.7. The number of likely N-dealkylation sites (tertiary alicyclic amines) is 1. The van der Waals surface area contributed by atoms with Gasteiger partial charge in [-0.05, 0) is 59.1 Å². The van der Waals surface area contributed by atoms with Gasteiger partial charge in [0, 0.05) is 23.2 Å². The number of piperidine rings is 1. The van der Waals surface area contributed by atoms with Gasteiger partial charge in [-0.2, -0.15) is 13.2 Å². The van der Waals surface area contributed by atoms with Gasteiger partial charge in [0.05, 0.1) is 30.0 Å². The number of carboxylic acid groups (broad SMARTS) is 1. The Morgan fingerprint density at radius 1 is 1.11 bits per heavy atom. The minimum absolute atomic E-state index is 0.131. The highest BCUT2D eigenvalue weighted by molar-refractivity contribution is 5.87. The molecule has 0 aliphatic carbocycles. The molecule has 1 aliphatic heterocycles. The number of esters is 1. The number of aryl methyl sites for hydroxylation is 1. The summed E-state index contributed by atoms with van der Waals surface area (Å²) >= 11 is 0. The van der Waals surface area contributed by atoms with E-state index in [1.165, 1.54) is 17.0 Å². The molecule has 1 saturated heterocycles. The zero-order valence-corrected chi connectivity index (χ0v) is 21.2. The third kappa shape index (κ3) is 7.11. The van der Waals surface area contributed by atoms with Crippen molar-refractivity contribution in [2.75, 3.05) is 6.54 Å². The summed E-state index contributed by atoms with van der Waals surface area (Å²) in [5, 5.41) is 9.10. The summed E-state index contributed by atoms with van der Waals surface area (Å²) in [6.07, 6.45) is -5.61. The fourth-order valence-electron chi connectivity index (χ4n) is 4.39. The molecular formula is C26H31F3N2O6. The second-order valence-electron chi connectivity index (χ2n) is 10.1. The number of carboxylic acids is 1. The third-order valence-electron chi connectivity index (χ3n) is 5.97. The summed E-state index contributed by atoms with van der Waals surface area (Å²) in [5.41, 5.74) is -1.40. The standard InChI is InChI=1S/C26H31F3N2O6/c1-15-8-9-16-17(10-11-18(22(16)30-15)26(27,28)29)23(36-21(34)13-12-20(32)33)19-7-5-6-14-31(19)24(35)37-25(2,3)4/h8-11,19,23H,5-7,12-14H2,1-4H3,(H,32,33). The molecule has 1 amide bonds. The van der Waals surface area contributed by atoms with Gasteiger partial charge in [-0.3, -0.25) is 14.6 Å². The van der Waals surface area contributed by atoms with Crippen LogP contribution in [0.4, 0.5) is 18.0 Å². The third-order valence-corrected chi connectivity index (χ3v) is 5.97. The van der Waals surface area contributed by atoms with Crippen LogP contribution in [0.5, 0.6) is 0 Å². The monoisotopic (exact) mass is 524 g/mol. The molecule has 1 N–H and O–H groups in total. The van der Waals surface area contributed by atoms with Crippen molar-refractivity contribution < 1.29 is 42.1 Å². The van der Waals surface area contributed by atoms with Crippen LogP contribution in [0, 0.1) is 6.92 Å². The maximum absolute atomic E-state index is 13.8. The van der Waals surface area contributed by atoms with E-state index in [-0.39, 0.29) is 16.5 Å². The van der Waals surface area contributed by atoms with E-state index in [9.17, 15) is 27.6 Å². The van der Waals surface area contributed by atoms with Gasteiger partial charge in [0.1, 0.15) is 11.7 Å². The average Bonchev–Trinajstić information content (AvgIpc) is 2.78. The fourth-order valence-corrected chi connectivity index (χ4v) is 4.39. The van der Waals surface area contributed by atoms with Gasteiger partial charge in [-0.1, -0.05) is 12.1 Å². The van der Waals surface area contributed by atoms with Crippen LogP contribution in [0.3, 0.4) is 0 Å². The number of carbonyl (C=O) groups excluding carboxylic acids is 2. The number of hydrogen-bond donors (Lipinski definition) is 1. The zero-order valence-electron chi connectivity index (χ0n) is 21.2. The first-order valence-electron chi connectivity index (χ1n) is 12.1. The zero-order chi connectivity index (χ0) is 27.5. The van der Waals surface area contributed by atoms with Crippen molar-refractivity contribution in [1.82, 2.24) is 9.88 Å². The largest absolute Gasteiger partial charge is 0.481 e. The maximum atomic E-state index is 13.8. The number of rotatable bonds is 6. The first kappa shape index (κ1) is 28.2. The minimum Gasteiger partial charge on any atom is -0.481 e. The van der Waals surface area contributed by atoms with Crippen LogP contribution in [-0.4, -0.2) is 51.2 Å². The molecule has 1 fully saturated rings. The molecule has 202 valence electrons. The van der Waals surface area contributed by atoms with Gasteiger partial charge >= 0.3 is 24.2 Å². The maximum Gasteiger partial charge on any atom is 0.418 e. The second-order valence-corrected chi connectivity index (χ2v) is 10.1. The number of alkyl halides is 3. The number of amides is 1. The molecular weight excluding hydrogens is 493 g/mol. The number of benzene rings is 1. The summed E-state index contributed by atoms with van der Waals surface area (Å²) in [5.74, 6) is -2.03. The van der Waals surface area contributed by atoms with Crippen molar-refractivity contribution in [1.29, 1.82) is 0 Å². The number of halogens is 3. The van der Waals surface area contributed by atoms with Crippen LogP contribution in [0.2, 0.25) is 0 Å². The smallest absolute Gasteiger partial charge is 0.418 e. The minimum atomic E-state index is -4.67. The molecule has 2 unspecified atom stereocenters. The van der Waals surface area contributed by atoms with E-state index in [0.717, 1.165) is 6.07 Å². The number of aliphatic carboxylic acids is 1. The molecule has 1 aromatic carbocycles. The van der Waals surface area contributed by atoms with Gasteiger partial charge < -0.3 is 19.5 Å². The Labute approximate surface area is 212 Å². The molecule has 1 aliphatic rings. The van der Waals surface area contributed by atoms with Gasteiger partial charge in [0.2, 0.25) is 0 Å². The first-order chi connectivity index (χ1) is 17.2. The number of hydrogen-bond acceptors (Lipinski definition) is 6. The Bertz CT molecular complexity index is 1180. The lowest BCUT2D eigenvalue weighted by Crippen LogP contribution is -2.49. The van der Waals surface area contributed by atoms with E-state index < -0.39 is 60.4 Å². The van der Waals surface area contributed by atoms with Crippen LogP contribution in [0.1, 0.15) is 75.8 Å². The highest BCUT2D eigenvalue weighted by atomic mass is 19.4. The van der Waals surface area contributed by atoms with Crippen LogP contribution in [0.15, 0.2) is 24.3 Å².